The lowest BCUT2D eigenvalue weighted by atomic mass is 10.0. The molecule has 3 aromatic rings. The minimum Gasteiger partial charge on any atom is -0.344 e. The van der Waals surface area contributed by atoms with E-state index in [2.05, 4.69) is 10.3 Å². The molecule has 1 aliphatic rings. The molecule has 1 aliphatic heterocycles. The van der Waals surface area contributed by atoms with Crippen molar-refractivity contribution in [1.29, 1.82) is 0 Å². The number of rotatable bonds is 3. The van der Waals surface area contributed by atoms with Gasteiger partial charge in [-0.15, -0.1) is 11.3 Å². The lowest BCUT2D eigenvalue weighted by Crippen LogP contribution is -2.36. The number of carbonyl (C=O) groups excluding carboxylic acids is 1. The van der Waals surface area contributed by atoms with E-state index >= 15 is 0 Å². The number of aromatic nitrogens is 2. The molecule has 4 heterocycles. The topological polar surface area (TPSA) is 81.1 Å². The second-order valence-electron chi connectivity index (χ2n) is 6.27. The number of fused-ring (bicyclic) bond motifs is 1. The fraction of sp³-hybridized carbons (Fsp3) is 0.222. The van der Waals surface area contributed by atoms with Crippen molar-refractivity contribution in [1.82, 2.24) is 14.9 Å². The van der Waals surface area contributed by atoms with Crippen LogP contribution in [0.5, 0.6) is 0 Å². The first-order valence-electron chi connectivity index (χ1n) is 8.18. The van der Waals surface area contributed by atoms with Crippen LogP contribution in [0.15, 0.2) is 58.5 Å². The van der Waals surface area contributed by atoms with Crippen LogP contribution in [0.25, 0.3) is 5.69 Å². The second kappa shape index (κ2) is 6.37. The predicted octanol–water partition coefficient (Wildman–Crippen LogP) is 2.97. The maximum Gasteiger partial charge on any atom is 0.270 e. The highest BCUT2D eigenvalue weighted by Crippen LogP contribution is 2.39. The molecule has 0 aliphatic carbocycles. The number of thiophene rings is 1. The molecular formula is C18H17N3O3S2. The van der Waals surface area contributed by atoms with Gasteiger partial charge in [-0.05, 0) is 49.1 Å². The SMILES string of the molecule is C[C@H]1C[C@H](NC(=O)c2cc(-n3cccc3)ccn2)c2ccsc2S1(=O)=O. The van der Waals surface area contributed by atoms with Crippen molar-refractivity contribution in [2.75, 3.05) is 0 Å². The van der Waals surface area contributed by atoms with Gasteiger partial charge in [-0.1, -0.05) is 0 Å². The Labute approximate surface area is 155 Å². The van der Waals surface area contributed by atoms with Gasteiger partial charge in [0, 0.05) is 29.8 Å². The van der Waals surface area contributed by atoms with Crippen molar-refractivity contribution in [3.05, 3.63) is 65.6 Å². The Balaban J connectivity index is 1.61. The van der Waals surface area contributed by atoms with Crippen LogP contribution in [0.4, 0.5) is 0 Å². The van der Waals surface area contributed by atoms with Crippen LogP contribution in [0.2, 0.25) is 0 Å². The number of nitrogens with one attached hydrogen (secondary N) is 1. The number of carbonyl (C=O) groups is 1. The molecule has 0 saturated carbocycles. The molecule has 1 amide bonds. The molecule has 4 rings (SSSR count). The summed E-state index contributed by atoms with van der Waals surface area (Å²) in [5, 5.41) is 4.17. The first kappa shape index (κ1) is 17.0. The number of hydrogen-bond donors (Lipinski definition) is 1. The molecule has 0 spiro atoms. The summed E-state index contributed by atoms with van der Waals surface area (Å²) in [6.45, 7) is 1.68. The van der Waals surface area contributed by atoms with E-state index in [4.69, 9.17) is 0 Å². The van der Waals surface area contributed by atoms with Crippen LogP contribution in [-0.2, 0) is 9.84 Å². The van der Waals surface area contributed by atoms with E-state index in [9.17, 15) is 13.2 Å². The Kier molecular flexibility index (Phi) is 4.16. The van der Waals surface area contributed by atoms with Crippen LogP contribution >= 0.6 is 11.3 Å². The highest BCUT2D eigenvalue weighted by Gasteiger charge is 2.38. The minimum absolute atomic E-state index is 0.300. The number of amides is 1. The van der Waals surface area contributed by atoms with Crippen LogP contribution in [0.3, 0.4) is 0 Å². The van der Waals surface area contributed by atoms with Crippen molar-refractivity contribution in [2.45, 2.75) is 28.8 Å². The molecule has 3 aromatic heterocycles. The third-order valence-corrected chi connectivity index (χ3v) is 8.29. The van der Waals surface area contributed by atoms with Gasteiger partial charge >= 0.3 is 0 Å². The fourth-order valence-corrected chi connectivity index (χ4v) is 6.37. The summed E-state index contributed by atoms with van der Waals surface area (Å²) < 4.78 is 27.1. The third kappa shape index (κ3) is 2.85. The Morgan fingerprint density at radius 2 is 2.08 bits per heavy atom. The summed E-state index contributed by atoms with van der Waals surface area (Å²) in [5.74, 6) is -0.312. The zero-order valence-electron chi connectivity index (χ0n) is 14.0. The van der Waals surface area contributed by atoms with Crippen molar-refractivity contribution in [3.63, 3.8) is 0 Å². The van der Waals surface area contributed by atoms with E-state index in [1.54, 1.807) is 30.6 Å². The van der Waals surface area contributed by atoms with Gasteiger partial charge in [0.05, 0.1) is 11.3 Å². The van der Waals surface area contributed by atoms with Crippen molar-refractivity contribution in [2.24, 2.45) is 0 Å². The Bertz CT molecular complexity index is 1060. The van der Waals surface area contributed by atoms with Crippen LogP contribution in [-0.4, -0.2) is 29.1 Å². The standard InChI is InChI=1S/C18H17N3O3S2/c1-12-10-15(14-5-9-25-18(14)26(12,23)24)20-17(22)16-11-13(4-6-19-16)21-7-2-3-8-21/h2-9,11-12,15H,10H2,1H3,(H,20,22)/t12-,15-/m0/s1. The second-order valence-corrected chi connectivity index (χ2v) is 9.75. The zero-order valence-corrected chi connectivity index (χ0v) is 15.6. The molecule has 0 radical (unpaired) electrons. The van der Waals surface area contributed by atoms with Crippen LogP contribution < -0.4 is 5.32 Å². The molecule has 1 N–H and O–H groups in total. The Morgan fingerprint density at radius 3 is 2.85 bits per heavy atom. The quantitative estimate of drug-likeness (QED) is 0.749. The number of hydrogen-bond acceptors (Lipinski definition) is 5. The summed E-state index contributed by atoms with van der Waals surface area (Å²) >= 11 is 1.21. The maximum absolute atomic E-state index is 12.7. The molecule has 8 heteroatoms. The molecule has 6 nitrogen and oxygen atoms in total. The van der Waals surface area contributed by atoms with Gasteiger partial charge < -0.3 is 9.88 Å². The Hall–Kier alpha value is -2.45. The third-order valence-electron chi connectivity index (χ3n) is 4.57. The van der Waals surface area contributed by atoms with E-state index in [-0.39, 0.29) is 11.9 Å². The highest BCUT2D eigenvalue weighted by molar-refractivity contribution is 7.94. The van der Waals surface area contributed by atoms with Crippen molar-refractivity contribution < 1.29 is 13.2 Å². The summed E-state index contributed by atoms with van der Waals surface area (Å²) in [5.41, 5.74) is 1.81. The minimum atomic E-state index is -3.30. The van der Waals surface area contributed by atoms with Gasteiger partial charge in [-0.25, -0.2) is 8.42 Å². The predicted molar refractivity (Wildman–Crippen MR) is 99.4 cm³/mol. The molecule has 26 heavy (non-hydrogen) atoms. The van der Waals surface area contributed by atoms with Crippen molar-refractivity contribution >= 4 is 27.1 Å². The van der Waals surface area contributed by atoms with Crippen LogP contribution in [0, 0.1) is 0 Å². The highest BCUT2D eigenvalue weighted by atomic mass is 32.2. The zero-order chi connectivity index (χ0) is 18.3. The summed E-state index contributed by atoms with van der Waals surface area (Å²) in [6.07, 6.45) is 5.73. The molecule has 0 saturated heterocycles. The van der Waals surface area contributed by atoms with Crippen molar-refractivity contribution in [3.8, 4) is 5.69 Å². The number of pyridine rings is 1. The molecule has 0 bridgehead atoms. The smallest absolute Gasteiger partial charge is 0.270 e. The molecule has 2 atom stereocenters. The van der Waals surface area contributed by atoms with Gasteiger partial charge in [0.2, 0.25) is 0 Å². The molecular weight excluding hydrogens is 370 g/mol. The fourth-order valence-electron chi connectivity index (χ4n) is 3.14. The van der Waals surface area contributed by atoms with Gasteiger partial charge in [-0.2, -0.15) is 0 Å². The maximum atomic E-state index is 12.7. The van der Waals surface area contributed by atoms with Gasteiger partial charge in [0.1, 0.15) is 9.90 Å². The lowest BCUT2D eigenvalue weighted by molar-refractivity contribution is 0.0928. The first-order valence-corrected chi connectivity index (χ1v) is 10.6. The summed E-state index contributed by atoms with van der Waals surface area (Å²) in [6, 6.07) is 8.79. The number of nitrogens with zero attached hydrogens (tertiary/aromatic N) is 2. The van der Waals surface area contributed by atoms with E-state index in [1.807, 2.05) is 35.2 Å². The first-order chi connectivity index (χ1) is 12.5. The van der Waals surface area contributed by atoms with E-state index in [0.29, 0.717) is 21.9 Å². The molecule has 0 unspecified atom stereocenters. The monoisotopic (exact) mass is 387 g/mol. The molecule has 0 fully saturated rings. The lowest BCUT2D eigenvalue weighted by Gasteiger charge is -2.27. The number of sulfone groups is 1. The summed E-state index contributed by atoms with van der Waals surface area (Å²) in [7, 11) is -3.30. The van der Waals surface area contributed by atoms with E-state index in [1.165, 1.54) is 11.3 Å². The normalized spacial score (nSPS) is 21.1. The van der Waals surface area contributed by atoms with E-state index in [0.717, 1.165) is 5.69 Å². The molecule has 134 valence electrons. The Morgan fingerprint density at radius 1 is 1.31 bits per heavy atom. The average Bonchev–Trinajstić information content (AvgIpc) is 3.32. The largest absolute Gasteiger partial charge is 0.344 e. The van der Waals surface area contributed by atoms with Gasteiger partial charge in [0.25, 0.3) is 5.91 Å². The van der Waals surface area contributed by atoms with Gasteiger partial charge in [0.15, 0.2) is 9.84 Å². The molecule has 0 aromatic carbocycles. The van der Waals surface area contributed by atoms with Gasteiger partial charge in [-0.3, -0.25) is 9.78 Å². The van der Waals surface area contributed by atoms with Crippen LogP contribution in [0.1, 0.15) is 35.4 Å². The average molecular weight is 387 g/mol. The summed E-state index contributed by atoms with van der Waals surface area (Å²) in [4.78, 5) is 16.9. The van der Waals surface area contributed by atoms with E-state index < -0.39 is 15.1 Å².